The molecule has 6 heteroatoms. The van der Waals surface area contributed by atoms with E-state index in [9.17, 15) is 9.59 Å². The maximum absolute atomic E-state index is 12.0. The molecule has 1 atom stereocenters. The lowest BCUT2D eigenvalue weighted by molar-refractivity contribution is -0.143. The van der Waals surface area contributed by atoms with Crippen molar-refractivity contribution in [1.29, 1.82) is 0 Å². The molecule has 0 saturated heterocycles. The summed E-state index contributed by atoms with van der Waals surface area (Å²) in [6, 6.07) is 6.47. The standard InChI is InChI=1S/C15H20N2O4/c1-17(2)15(19)13(9-14(18)21-4)16-10-11-6-5-7-12(8-11)20-3/h5-8,10,13H,9H2,1-4H3/t13-/m0/s1. The number of likely N-dealkylation sites (N-methyl/N-ethyl adjacent to an activating group) is 1. The van der Waals surface area contributed by atoms with Crippen LogP contribution in [0.3, 0.4) is 0 Å². The Kier molecular flexibility index (Phi) is 6.39. The number of aliphatic imine (C=N–C) groups is 1. The zero-order valence-electron chi connectivity index (χ0n) is 12.7. The molecule has 0 aliphatic heterocycles. The molecule has 0 heterocycles. The second-order valence-corrected chi connectivity index (χ2v) is 4.58. The zero-order chi connectivity index (χ0) is 15.8. The van der Waals surface area contributed by atoms with Crippen molar-refractivity contribution in [3.05, 3.63) is 29.8 Å². The number of hydrogen-bond donors (Lipinski definition) is 0. The van der Waals surface area contributed by atoms with Gasteiger partial charge < -0.3 is 14.4 Å². The average Bonchev–Trinajstić information content (AvgIpc) is 2.50. The highest BCUT2D eigenvalue weighted by Crippen LogP contribution is 2.12. The van der Waals surface area contributed by atoms with E-state index in [1.165, 1.54) is 12.0 Å². The van der Waals surface area contributed by atoms with E-state index in [1.807, 2.05) is 18.2 Å². The summed E-state index contributed by atoms with van der Waals surface area (Å²) in [5.74, 6) is -0.0278. The summed E-state index contributed by atoms with van der Waals surface area (Å²) in [6.45, 7) is 0. The molecule has 1 rings (SSSR count). The number of carbonyl (C=O) groups is 2. The lowest BCUT2D eigenvalue weighted by atomic mass is 10.2. The van der Waals surface area contributed by atoms with E-state index in [1.54, 1.807) is 33.5 Å². The van der Waals surface area contributed by atoms with Crippen LogP contribution in [0.1, 0.15) is 12.0 Å². The van der Waals surface area contributed by atoms with Crippen LogP contribution in [0.2, 0.25) is 0 Å². The summed E-state index contributed by atoms with van der Waals surface area (Å²) in [7, 11) is 6.10. The molecule has 0 aromatic heterocycles. The summed E-state index contributed by atoms with van der Waals surface area (Å²) in [6.07, 6.45) is 1.46. The monoisotopic (exact) mass is 292 g/mol. The third-order valence-electron chi connectivity index (χ3n) is 2.81. The first-order valence-corrected chi connectivity index (χ1v) is 6.43. The lowest BCUT2D eigenvalue weighted by Crippen LogP contribution is -2.34. The smallest absolute Gasteiger partial charge is 0.308 e. The highest BCUT2D eigenvalue weighted by atomic mass is 16.5. The van der Waals surface area contributed by atoms with E-state index in [0.717, 1.165) is 5.56 Å². The normalized spacial score (nSPS) is 12.0. The van der Waals surface area contributed by atoms with E-state index in [-0.39, 0.29) is 12.3 Å². The van der Waals surface area contributed by atoms with Gasteiger partial charge in [0.15, 0.2) is 0 Å². The van der Waals surface area contributed by atoms with Gasteiger partial charge in [0.25, 0.3) is 0 Å². The van der Waals surface area contributed by atoms with Crippen LogP contribution in [0.4, 0.5) is 0 Å². The SMILES string of the molecule is COC(=O)C[C@H](N=Cc1cccc(OC)c1)C(=O)N(C)C. The maximum atomic E-state index is 12.0. The molecule has 0 saturated carbocycles. The number of hydrogen-bond acceptors (Lipinski definition) is 5. The van der Waals surface area contributed by atoms with Crippen molar-refractivity contribution in [3.63, 3.8) is 0 Å². The predicted molar refractivity (Wildman–Crippen MR) is 79.7 cm³/mol. The zero-order valence-corrected chi connectivity index (χ0v) is 12.7. The Bertz CT molecular complexity index is 526. The third kappa shape index (κ3) is 5.25. The predicted octanol–water partition coefficient (Wildman–Crippen LogP) is 1.13. The first-order valence-electron chi connectivity index (χ1n) is 6.43. The minimum absolute atomic E-state index is 0.0893. The van der Waals surface area contributed by atoms with Crippen molar-refractivity contribution in [3.8, 4) is 5.75 Å². The molecule has 114 valence electrons. The molecule has 0 radical (unpaired) electrons. The maximum Gasteiger partial charge on any atom is 0.308 e. The first-order chi connectivity index (χ1) is 9.97. The van der Waals surface area contributed by atoms with Crippen molar-refractivity contribution in [2.75, 3.05) is 28.3 Å². The van der Waals surface area contributed by atoms with Gasteiger partial charge in [0.2, 0.25) is 5.91 Å². The van der Waals surface area contributed by atoms with Crippen LogP contribution in [0.15, 0.2) is 29.3 Å². The van der Waals surface area contributed by atoms with Crippen LogP contribution < -0.4 is 4.74 Å². The minimum Gasteiger partial charge on any atom is -0.497 e. The number of methoxy groups -OCH3 is 2. The average molecular weight is 292 g/mol. The van der Waals surface area contributed by atoms with Gasteiger partial charge in [-0.05, 0) is 17.7 Å². The van der Waals surface area contributed by atoms with Crippen molar-refractivity contribution in [2.45, 2.75) is 12.5 Å². The Labute approximate surface area is 124 Å². The van der Waals surface area contributed by atoms with Crippen molar-refractivity contribution >= 4 is 18.1 Å². The molecule has 1 amide bonds. The summed E-state index contributed by atoms with van der Waals surface area (Å²) >= 11 is 0. The van der Waals surface area contributed by atoms with E-state index in [4.69, 9.17) is 4.74 Å². The fraction of sp³-hybridized carbons (Fsp3) is 0.400. The molecular formula is C15H20N2O4. The topological polar surface area (TPSA) is 68.2 Å². The summed E-state index contributed by atoms with van der Waals surface area (Å²) < 4.78 is 9.71. The van der Waals surface area contributed by atoms with E-state index >= 15 is 0 Å². The molecule has 6 nitrogen and oxygen atoms in total. The molecule has 0 spiro atoms. The van der Waals surface area contributed by atoms with E-state index < -0.39 is 12.0 Å². The van der Waals surface area contributed by atoms with E-state index in [0.29, 0.717) is 5.75 Å². The molecule has 0 N–H and O–H groups in total. The highest BCUT2D eigenvalue weighted by molar-refractivity contribution is 5.89. The fourth-order valence-corrected chi connectivity index (χ4v) is 1.64. The van der Waals surface area contributed by atoms with Gasteiger partial charge in [0.05, 0.1) is 20.6 Å². The van der Waals surface area contributed by atoms with Gasteiger partial charge >= 0.3 is 5.97 Å². The minimum atomic E-state index is -0.793. The molecule has 0 unspecified atom stereocenters. The number of rotatable bonds is 6. The summed E-state index contributed by atoms with van der Waals surface area (Å²) in [4.78, 5) is 29.0. The molecule has 0 fully saturated rings. The highest BCUT2D eigenvalue weighted by Gasteiger charge is 2.22. The number of nitrogens with zero attached hydrogens (tertiary/aromatic N) is 2. The van der Waals surface area contributed by atoms with Crippen LogP contribution in [0, 0.1) is 0 Å². The van der Waals surface area contributed by atoms with Crippen molar-refractivity contribution < 1.29 is 19.1 Å². The first kappa shape index (κ1) is 16.7. The quantitative estimate of drug-likeness (QED) is 0.582. The Morgan fingerprint density at radius 3 is 2.62 bits per heavy atom. The molecule has 21 heavy (non-hydrogen) atoms. The largest absolute Gasteiger partial charge is 0.497 e. The molecule has 0 aliphatic carbocycles. The van der Waals surface area contributed by atoms with Crippen molar-refractivity contribution in [2.24, 2.45) is 4.99 Å². The van der Waals surface area contributed by atoms with Crippen LogP contribution in [-0.4, -0.2) is 57.3 Å². The van der Waals surface area contributed by atoms with Crippen LogP contribution in [0.25, 0.3) is 0 Å². The van der Waals surface area contributed by atoms with Crippen molar-refractivity contribution in [1.82, 2.24) is 4.90 Å². The van der Waals surface area contributed by atoms with Gasteiger partial charge in [0, 0.05) is 20.3 Å². The van der Waals surface area contributed by atoms with Gasteiger partial charge in [-0.1, -0.05) is 12.1 Å². The van der Waals surface area contributed by atoms with Gasteiger partial charge in [-0.2, -0.15) is 0 Å². The van der Waals surface area contributed by atoms with Gasteiger partial charge in [-0.15, -0.1) is 0 Å². The third-order valence-corrected chi connectivity index (χ3v) is 2.81. The Morgan fingerprint density at radius 2 is 2.05 bits per heavy atom. The number of carbonyl (C=O) groups excluding carboxylic acids is 2. The summed E-state index contributed by atoms with van der Waals surface area (Å²) in [5, 5.41) is 0. The van der Waals surface area contributed by atoms with Gasteiger partial charge in [-0.3, -0.25) is 14.6 Å². The van der Waals surface area contributed by atoms with E-state index in [2.05, 4.69) is 9.73 Å². The second-order valence-electron chi connectivity index (χ2n) is 4.58. The van der Waals surface area contributed by atoms with Crippen LogP contribution in [-0.2, 0) is 14.3 Å². The number of amides is 1. The lowest BCUT2D eigenvalue weighted by Gasteiger charge is -2.16. The molecular weight excluding hydrogens is 272 g/mol. The summed E-state index contributed by atoms with van der Waals surface area (Å²) in [5.41, 5.74) is 0.788. The number of ether oxygens (including phenoxy) is 2. The Hall–Kier alpha value is -2.37. The Morgan fingerprint density at radius 1 is 1.33 bits per heavy atom. The molecule has 0 aliphatic rings. The number of esters is 1. The Balaban J connectivity index is 2.90. The fourth-order valence-electron chi connectivity index (χ4n) is 1.64. The second kappa shape index (κ2) is 8.04. The van der Waals surface area contributed by atoms with Crippen LogP contribution >= 0.6 is 0 Å². The van der Waals surface area contributed by atoms with Gasteiger partial charge in [-0.25, -0.2) is 0 Å². The molecule has 1 aromatic rings. The molecule has 1 aromatic carbocycles. The van der Waals surface area contributed by atoms with Gasteiger partial charge in [0.1, 0.15) is 11.8 Å². The van der Waals surface area contributed by atoms with Crippen LogP contribution in [0.5, 0.6) is 5.75 Å². The number of benzene rings is 1. The molecule has 0 bridgehead atoms.